The van der Waals surface area contributed by atoms with Gasteiger partial charge in [-0.2, -0.15) is 0 Å². The van der Waals surface area contributed by atoms with Crippen LogP contribution in [-0.2, 0) is 10.2 Å². The van der Waals surface area contributed by atoms with E-state index in [-0.39, 0.29) is 17.7 Å². The van der Waals surface area contributed by atoms with Crippen LogP contribution in [0.1, 0.15) is 19.4 Å². The molecule has 1 heterocycles. The molecular formula is C21H24N2O2. The van der Waals surface area contributed by atoms with Gasteiger partial charge in [-0.3, -0.25) is 4.79 Å². The van der Waals surface area contributed by atoms with Crippen LogP contribution in [0.3, 0.4) is 0 Å². The average Bonchev–Trinajstić information content (AvgIpc) is 2.81. The maximum absolute atomic E-state index is 12.6. The molecule has 4 nitrogen and oxygen atoms in total. The van der Waals surface area contributed by atoms with Crippen LogP contribution in [-0.4, -0.2) is 26.5 Å². The molecule has 130 valence electrons. The predicted molar refractivity (Wildman–Crippen MR) is 102 cm³/mol. The lowest BCUT2D eigenvalue weighted by Gasteiger charge is -2.24. The number of nitrogens with one attached hydrogen (secondary N) is 1. The Morgan fingerprint density at radius 1 is 1.16 bits per heavy atom. The monoisotopic (exact) mass is 336 g/mol. The second-order valence-corrected chi connectivity index (χ2v) is 6.75. The lowest BCUT2D eigenvalue weighted by Crippen LogP contribution is -2.25. The number of methoxy groups -OCH3 is 1. The minimum Gasteiger partial charge on any atom is -0.495 e. The van der Waals surface area contributed by atoms with Gasteiger partial charge in [-0.15, -0.1) is 0 Å². The summed E-state index contributed by atoms with van der Waals surface area (Å²) < 4.78 is 5.31. The quantitative estimate of drug-likeness (QED) is 0.839. The van der Waals surface area contributed by atoms with Crippen LogP contribution >= 0.6 is 0 Å². The number of allylic oxidation sites excluding steroid dienone is 1. The Labute approximate surface area is 149 Å². The number of carbonyl (C=O) groups is 1. The highest BCUT2D eigenvalue weighted by Gasteiger charge is 2.38. The minimum atomic E-state index is -0.189. The summed E-state index contributed by atoms with van der Waals surface area (Å²) in [5.74, 6) is 0.766. The van der Waals surface area contributed by atoms with Gasteiger partial charge in [0.1, 0.15) is 5.75 Å². The minimum absolute atomic E-state index is 0.0358. The molecule has 1 N–H and O–H groups in total. The molecule has 0 spiro atoms. The van der Waals surface area contributed by atoms with Crippen LogP contribution in [0.2, 0.25) is 0 Å². The maximum Gasteiger partial charge on any atom is 0.176 e. The Hall–Kier alpha value is -2.75. The van der Waals surface area contributed by atoms with E-state index in [1.807, 2.05) is 43.4 Å². The van der Waals surface area contributed by atoms with Gasteiger partial charge in [0.15, 0.2) is 5.78 Å². The Balaban J connectivity index is 1.78. The van der Waals surface area contributed by atoms with Gasteiger partial charge in [0, 0.05) is 29.9 Å². The SMILES string of the molecule is COc1ccccc1NCC(=O)/C=C1/N(C)c2ccccc2C1(C)C. The molecule has 3 rings (SSSR count). The van der Waals surface area contributed by atoms with Crippen molar-refractivity contribution in [3.05, 3.63) is 65.9 Å². The Morgan fingerprint density at radius 3 is 2.56 bits per heavy atom. The molecule has 1 aliphatic heterocycles. The number of anilines is 2. The smallest absolute Gasteiger partial charge is 0.176 e. The number of para-hydroxylation sites is 3. The molecule has 0 bridgehead atoms. The van der Waals surface area contributed by atoms with E-state index in [0.717, 1.165) is 22.8 Å². The molecule has 0 saturated carbocycles. The second kappa shape index (κ2) is 6.63. The summed E-state index contributed by atoms with van der Waals surface area (Å²) in [5, 5.41) is 3.16. The maximum atomic E-state index is 12.6. The first-order chi connectivity index (χ1) is 11.9. The number of likely N-dealkylation sites (N-methyl/N-ethyl adjacent to an activating group) is 1. The van der Waals surface area contributed by atoms with Crippen molar-refractivity contribution in [2.24, 2.45) is 0 Å². The molecule has 0 radical (unpaired) electrons. The van der Waals surface area contributed by atoms with Gasteiger partial charge in [-0.25, -0.2) is 0 Å². The summed E-state index contributed by atoms with van der Waals surface area (Å²) in [5.41, 5.74) is 4.05. The number of benzene rings is 2. The molecule has 0 aromatic heterocycles. The van der Waals surface area contributed by atoms with Crippen LogP contribution in [0.5, 0.6) is 5.75 Å². The predicted octanol–water partition coefficient (Wildman–Crippen LogP) is 3.99. The van der Waals surface area contributed by atoms with Gasteiger partial charge in [0.05, 0.1) is 19.3 Å². The van der Waals surface area contributed by atoms with Crippen LogP contribution in [0.25, 0.3) is 0 Å². The molecule has 0 aliphatic carbocycles. The topological polar surface area (TPSA) is 41.6 Å². The van der Waals surface area contributed by atoms with Crippen LogP contribution in [0.15, 0.2) is 60.3 Å². The lowest BCUT2D eigenvalue weighted by molar-refractivity contribution is -0.113. The molecule has 2 aromatic carbocycles. The molecule has 0 fully saturated rings. The molecule has 0 unspecified atom stereocenters. The zero-order valence-electron chi connectivity index (χ0n) is 15.2. The standard InChI is InChI=1S/C21H24N2O2/c1-21(2)16-9-5-7-11-18(16)23(3)20(21)13-15(24)14-22-17-10-6-8-12-19(17)25-4/h5-13,22H,14H2,1-4H3/b20-13+. The largest absolute Gasteiger partial charge is 0.495 e. The van der Waals surface area contributed by atoms with Gasteiger partial charge in [0.25, 0.3) is 0 Å². The fraction of sp³-hybridized carbons (Fsp3) is 0.286. The third kappa shape index (κ3) is 3.12. The molecular weight excluding hydrogens is 312 g/mol. The molecule has 0 saturated heterocycles. The van der Waals surface area contributed by atoms with Crippen molar-refractivity contribution < 1.29 is 9.53 Å². The van der Waals surface area contributed by atoms with Crippen molar-refractivity contribution in [3.63, 3.8) is 0 Å². The van der Waals surface area contributed by atoms with Crippen molar-refractivity contribution in [2.75, 3.05) is 30.9 Å². The number of carbonyl (C=O) groups excluding carboxylic acids is 1. The number of fused-ring (bicyclic) bond motifs is 1. The summed E-state index contributed by atoms with van der Waals surface area (Å²) in [4.78, 5) is 14.7. The Morgan fingerprint density at radius 2 is 1.84 bits per heavy atom. The van der Waals surface area contributed by atoms with Crippen molar-refractivity contribution in [1.29, 1.82) is 0 Å². The van der Waals surface area contributed by atoms with E-state index in [2.05, 4.69) is 36.2 Å². The normalized spacial score (nSPS) is 16.6. The van der Waals surface area contributed by atoms with Gasteiger partial charge in [-0.05, 0) is 23.8 Å². The first-order valence-electron chi connectivity index (χ1n) is 8.40. The van der Waals surface area contributed by atoms with Crippen LogP contribution in [0.4, 0.5) is 11.4 Å². The van der Waals surface area contributed by atoms with E-state index >= 15 is 0 Å². The van der Waals surface area contributed by atoms with Gasteiger partial charge in [0.2, 0.25) is 0 Å². The average molecular weight is 336 g/mol. The summed E-state index contributed by atoms with van der Waals surface area (Å²) in [6.45, 7) is 4.54. The lowest BCUT2D eigenvalue weighted by atomic mass is 9.83. The van der Waals surface area contributed by atoms with E-state index < -0.39 is 0 Å². The number of hydrogen-bond acceptors (Lipinski definition) is 4. The molecule has 25 heavy (non-hydrogen) atoms. The molecule has 0 amide bonds. The third-order valence-electron chi connectivity index (χ3n) is 4.80. The van der Waals surface area contributed by atoms with Crippen LogP contribution in [0, 0.1) is 0 Å². The van der Waals surface area contributed by atoms with E-state index in [0.29, 0.717) is 0 Å². The van der Waals surface area contributed by atoms with Gasteiger partial charge in [-0.1, -0.05) is 44.2 Å². The number of nitrogens with zero attached hydrogens (tertiary/aromatic N) is 1. The Bertz CT molecular complexity index is 824. The zero-order chi connectivity index (χ0) is 18.0. The van der Waals surface area contributed by atoms with E-state index in [4.69, 9.17) is 4.74 Å². The fourth-order valence-corrected chi connectivity index (χ4v) is 3.44. The summed E-state index contributed by atoms with van der Waals surface area (Å²) in [6, 6.07) is 15.9. The molecule has 1 aliphatic rings. The molecule has 2 aromatic rings. The van der Waals surface area contributed by atoms with Gasteiger partial charge < -0.3 is 15.0 Å². The van der Waals surface area contributed by atoms with E-state index in [9.17, 15) is 4.79 Å². The van der Waals surface area contributed by atoms with E-state index in [1.165, 1.54) is 5.56 Å². The highest BCUT2D eigenvalue weighted by Crippen LogP contribution is 2.46. The third-order valence-corrected chi connectivity index (χ3v) is 4.80. The molecule has 4 heteroatoms. The number of hydrogen-bond donors (Lipinski definition) is 1. The second-order valence-electron chi connectivity index (χ2n) is 6.75. The molecule has 0 atom stereocenters. The number of rotatable bonds is 5. The van der Waals surface area contributed by atoms with Crippen molar-refractivity contribution in [2.45, 2.75) is 19.3 Å². The first-order valence-corrected chi connectivity index (χ1v) is 8.40. The first kappa shape index (κ1) is 17.1. The van der Waals surface area contributed by atoms with Gasteiger partial charge >= 0.3 is 0 Å². The number of ether oxygens (including phenoxy) is 1. The Kier molecular flexibility index (Phi) is 4.53. The zero-order valence-corrected chi connectivity index (χ0v) is 15.2. The van der Waals surface area contributed by atoms with Crippen molar-refractivity contribution in [3.8, 4) is 5.75 Å². The fourth-order valence-electron chi connectivity index (χ4n) is 3.44. The summed E-state index contributed by atoms with van der Waals surface area (Å²) in [6.07, 6.45) is 1.75. The van der Waals surface area contributed by atoms with Crippen LogP contribution < -0.4 is 15.0 Å². The highest BCUT2D eigenvalue weighted by atomic mass is 16.5. The van der Waals surface area contributed by atoms with E-state index in [1.54, 1.807) is 13.2 Å². The summed E-state index contributed by atoms with van der Waals surface area (Å²) >= 11 is 0. The number of ketones is 1. The van der Waals surface area contributed by atoms with Crippen molar-refractivity contribution >= 4 is 17.2 Å². The van der Waals surface area contributed by atoms with Crippen molar-refractivity contribution in [1.82, 2.24) is 0 Å². The highest BCUT2D eigenvalue weighted by molar-refractivity contribution is 5.95. The summed E-state index contributed by atoms with van der Waals surface area (Å²) in [7, 11) is 3.64.